The largest absolute Gasteiger partial charge is 0.356 e. The standard InChI is InChI=1S/C14H14FN5OS/c1-8-12(7-22-14-18-17-9(2)20(14)16)19-21-13(8)10-3-5-11(15)6-4-10/h3-6H,7,16H2,1-2H3. The maximum Gasteiger partial charge on any atom is 0.210 e. The van der Waals surface area contributed by atoms with Gasteiger partial charge in [-0.25, -0.2) is 9.07 Å². The summed E-state index contributed by atoms with van der Waals surface area (Å²) < 4.78 is 19.8. The van der Waals surface area contributed by atoms with E-state index in [9.17, 15) is 4.39 Å². The van der Waals surface area contributed by atoms with Crippen LogP contribution >= 0.6 is 11.8 Å². The van der Waals surface area contributed by atoms with Gasteiger partial charge in [-0.05, 0) is 38.1 Å². The molecule has 0 aliphatic carbocycles. The van der Waals surface area contributed by atoms with Crippen molar-refractivity contribution in [3.63, 3.8) is 0 Å². The van der Waals surface area contributed by atoms with Crippen molar-refractivity contribution in [1.29, 1.82) is 0 Å². The van der Waals surface area contributed by atoms with Gasteiger partial charge in [0, 0.05) is 16.9 Å². The predicted octanol–water partition coefficient (Wildman–Crippen LogP) is 2.70. The molecule has 0 spiro atoms. The molecule has 2 heterocycles. The first-order chi connectivity index (χ1) is 10.6. The SMILES string of the molecule is Cc1c(CSc2nnc(C)n2N)noc1-c1ccc(F)cc1. The summed E-state index contributed by atoms with van der Waals surface area (Å²) >= 11 is 1.43. The lowest BCUT2D eigenvalue weighted by Gasteiger charge is -2.00. The van der Waals surface area contributed by atoms with Crippen molar-refractivity contribution >= 4 is 11.8 Å². The number of nitrogens with zero attached hydrogens (tertiary/aromatic N) is 4. The van der Waals surface area contributed by atoms with E-state index in [1.54, 1.807) is 19.1 Å². The summed E-state index contributed by atoms with van der Waals surface area (Å²) in [6.07, 6.45) is 0. The highest BCUT2D eigenvalue weighted by Crippen LogP contribution is 2.29. The fourth-order valence-electron chi connectivity index (χ4n) is 1.96. The highest BCUT2D eigenvalue weighted by Gasteiger charge is 2.15. The number of thioether (sulfide) groups is 1. The zero-order chi connectivity index (χ0) is 15.7. The molecule has 0 amide bonds. The van der Waals surface area contributed by atoms with Gasteiger partial charge in [0.2, 0.25) is 5.16 Å². The third-order valence-electron chi connectivity index (χ3n) is 3.30. The second kappa shape index (κ2) is 5.80. The topological polar surface area (TPSA) is 82.8 Å². The summed E-state index contributed by atoms with van der Waals surface area (Å²) in [5.74, 6) is 7.37. The van der Waals surface area contributed by atoms with Gasteiger partial charge in [0.1, 0.15) is 11.6 Å². The summed E-state index contributed by atoms with van der Waals surface area (Å²) in [5.41, 5.74) is 2.50. The number of nitrogens with two attached hydrogens (primary N) is 1. The first-order valence-corrected chi connectivity index (χ1v) is 7.56. The average Bonchev–Trinajstić information content (AvgIpc) is 3.03. The minimum absolute atomic E-state index is 0.283. The second-order valence-corrected chi connectivity index (χ2v) is 5.72. The van der Waals surface area contributed by atoms with E-state index < -0.39 is 0 Å². The molecular formula is C14H14FN5OS. The highest BCUT2D eigenvalue weighted by atomic mass is 32.2. The molecule has 114 valence electrons. The number of aryl methyl sites for hydroxylation is 1. The molecule has 3 rings (SSSR count). The Kier molecular flexibility index (Phi) is 3.84. The van der Waals surface area contributed by atoms with E-state index in [1.807, 2.05) is 6.92 Å². The average molecular weight is 319 g/mol. The fraction of sp³-hybridized carbons (Fsp3) is 0.214. The van der Waals surface area contributed by atoms with Gasteiger partial charge in [-0.2, -0.15) is 0 Å². The Morgan fingerprint density at radius 3 is 2.59 bits per heavy atom. The van der Waals surface area contributed by atoms with Crippen LogP contribution in [0, 0.1) is 19.7 Å². The molecule has 0 aliphatic rings. The van der Waals surface area contributed by atoms with Crippen LogP contribution in [0.3, 0.4) is 0 Å². The van der Waals surface area contributed by atoms with E-state index in [4.69, 9.17) is 10.4 Å². The van der Waals surface area contributed by atoms with Crippen LogP contribution in [-0.4, -0.2) is 20.0 Å². The van der Waals surface area contributed by atoms with Gasteiger partial charge in [-0.15, -0.1) is 10.2 Å². The van der Waals surface area contributed by atoms with E-state index in [0.29, 0.717) is 22.5 Å². The smallest absolute Gasteiger partial charge is 0.210 e. The lowest BCUT2D eigenvalue weighted by molar-refractivity contribution is 0.426. The summed E-state index contributed by atoms with van der Waals surface area (Å²) in [7, 11) is 0. The summed E-state index contributed by atoms with van der Waals surface area (Å²) in [5, 5.41) is 12.6. The maximum atomic E-state index is 13.0. The van der Waals surface area contributed by atoms with E-state index in [1.165, 1.54) is 28.6 Å². The molecule has 0 saturated carbocycles. The molecule has 0 radical (unpaired) electrons. The Morgan fingerprint density at radius 1 is 1.23 bits per heavy atom. The molecule has 0 fully saturated rings. The van der Waals surface area contributed by atoms with Gasteiger partial charge in [0.25, 0.3) is 0 Å². The number of hydrogen-bond acceptors (Lipinski definition) is 6. The van der Waals surface area contributed by atoms with Crippen molar-refractivity contribution in [3.8, 4) is 11.3 Å². The van der Waals surface area contributed by atoms with Crippen molar-refractivity contribution in [3.05, 3.63) is 47.2 Å². The van der Waals surface area contributed by atoms with Gasteiger partial charge in [0.15, 0.2) is 5.76 Å². The van der Waals surface area contributed by atoms with Crippen molar-refractivity contribution in [2.75, 3.05) is 5.84 Å². The number of nitrogen functional groups attached to an aromatic ring is 1. The Hall–Kier alpha value is -2.35. The highest BCUT2D eigenvalue weighted by molar-refractivity contribution is 7.98. The van der Waals surface area contributed by atoms with Crippen LogP contribution in [0.25, 0.3) is 11.3 Å². The molecule has 0 aliphatic heterocycles. The Bertz CT molecular complexity index is 796. The van der Waals surface area contributed by atoms with Crippen LogP contribution < -0.4 is 5.84 Å². The van der Waals surface area contributed by atoms with Crippen LogP contribution in [0.15, 0.2) is 33.9 Å². The fourth-order valence-corrected chi connectivity index (χ4v) is 2.86. The van der Waals surface area contributed by atoms with Gasteiger partial charge in [0.05, 0.1) is 5.69 Å². The zero-order valence-electron chi connectivity index (χ0n) is 12.1. The molecule has 1 aromatic carbocycles. The third-order valence-corrected chi connectivity index (χ3v) is 4.25. The molecule has 0 bridgehead atoms. The molecule has 2 N–H and O–H groups in total. The minimum Gasteiger partial charge on any atom is -0.356 e. The zero-order valence-corrected chi connectivity index (χ0v) is 12.9. The predicted molar refractivity (Wildman–Crippen MR) is 81.1 cm³/mol. The Labute approximate surface area is 130 Å². The molecule has 3 aromatic rings. The Morgan fingerprint density at radius 2 is 1.95 bits per heavy atom. The Balaban J connectivity index is 1.79. The first kappa shape index (κ1) is 14.6. The molecule has 2 aromatic heterocycles. The monoisotopic (exact) mass is 319 g/mol. The normalized spacial score (nSPS) is 11.0. The van der Waals surface area contributed by atoms with E-state index in [2.05, 4.69) is 15.4 Å². The molecule has 6 nitrogen and oxygen atoms in total. The van der Waals surface area contributed by atoms with Crippen LogP contribution in [0.4, 0.5) is 4.39 Å². The second-order valence-electron chi connectivity index (χ2n) is 4.78. The van der Waals surface area contributed by atoms with Crippen molar-refractivity contribution < 1.29 is 8.91 Å². The number of hydrogen-bond donors (Lipinski definition) is 1. The number of benzene rings is 1. The number of rotatable bonds is 4. The van der Waals surface area contributed by atoms with Crippen LogP contribution in [0.1, 0.15) is 17.1 Å². The number of aromatic nitrogens is 4. The van der Waals surface area contributed by atoms with Crippen molar-refractivity contribution in [2.24, 2.45) is 0 Å². The minimum atomic E-state index is -0.283. The summed E-state index contributed by atoms with van der Waals surface area (Å²) in [4.78, 5) is 0. The molecule has 0 saturated heterocycles. The van der Waals surface area contributed by atoms with E-state index in [0.717, 1.165) is 16.8 Å². The van der Waals surface area contributed by atoms with Crippen LogP contribution in [0.5, 0.6) is 0 Å². The molecule has 8 heteroatoms. The summed E-state index contributed by atoms with van der Waals surface area (Å²) in [6.45, 7) is 3.70. The molecular weight excluding hydrogens is 305 g/mol. The number of halogens is 1. The van der Waals surface area contributed by atoms with Crippen molar-refractivity contribution in [1.82, 2.24) is 20.0 Å². The van der Waals surface area contributed by atoms with Gasteiger partial charge >= 0.3 is 0 Å². The lowest BCUT2D eigenvalue weighted by atomic mass is 10.1. The molecule has 0 unspecified atom stereocenters. The van der Waals surface area contributed by atoms with E-state index >= 15 is 0 Å². The van der Waals surface area contributed by atoms with Crippen LogP contribution in [0.2, 0.25) is 0 Å². The summed E-state index contributed by atoms with van der Waals surface area (Å²) in [6, 6.07) is 6.12. The first-order valence-electron chi connectivity index (χ1n) is 6.57. The van der Waals surface area contributed by atoms with E-state index in [-0.39, 0.29) is 5.82 Å². The van der Waals surface area contributed by atoms with Crippen molar-refractivity contribution in [2.45, 2.75) is 24.8 Å². The lowest BCUT2D eigenvalue weighted by Crippen LogP contribution is -2.11. The van der Waals surface area contributed by atoms with Gasteiger partial charge < -0.3 is 10.4 Å². The van der Waals surface area contributed by atoms with Gasteiger partial charge in [-0.1, -0.05) is 16.9 Å². The molecule has 22 heavy (non-hydrogen) atoms. The van der Waals surface area contributed by atoms with Crippen LogP contribution in [-0.2, 0) is 5.75 Å². The maximum absolute atomic E-state index is 13.0. The molecule has 0 atom stereocenters. The quantitative estimate of drug-likeness (QED) is 0.588. The third kappa shape index (κ3) is 2.69. The van der Waals surface area contributed by atoms with Gasteiger partial charge in [-0.3, -0.25) is 0 Å².